The standard InChI is InChI=1S/C14H16N2O4.C14H16N2O3.C14H16N2O2/c1-15-5-7-8(6-16-2)14(20)12-10(18)4-3-9(17)11(12)13(7)19;1-15-6-9-10(7-16-2)14(19)12-8(13(9)18)4-3-5-11(12)17;1-15-7-11-12(8-16-2)14(18)10-6-4-3-5-9(10)13(11)17/h3-4,15-16,19-20H,5-6H2,1-2H3;3-5,15-17H,6-7H2,1-2H3;3-6,15-16H,7-8H2,1-2H3. The summed E-state index contributed by atoms with van der Waals surface area (Å²) in [4.78, 5) is 73.3. The van der Waals surface area contributed by atoms with Crippen LogP contribution in [0.1, 0.15) is 73.3 Å². The molecule has 15 nitrogen and oxygen atoms in total. The maximum Gasteiger partial charge on any atom is 0.195 e. The van der Waals surface area contributed by atoms with Crippen molar-refractivity contribution in [1.29, 1.82) is 0 Å². The molecule has 0 bridgehead atoms. The van der Waals surface area contributed by atoms with E-state index in [-0.39, 0.29) is 75.7 Å². The first-order valence-corrected chi connectivity index (χ1v) is 18.1. The Labute approximate surface area is 330 Å². The van der Waals surface area contributed by atoms with Crippen molar-refractivity contribution >= 4 is 34.7 Å². The highest BCUT2D eigenvalue weighted by atomic mass is 16.3. The molecule has 0 unspecified atom stereocenters. The van der Waals surface area contributed by atoms with E-state index in [9.17, 15) is 44.1 Å². The number of likely N-dealkylation sites (N-methyl/N-ethyl adjacent to an activating group) is 4. The Hall–Kier alpha value is -5.94. The summed E-state index contributed by atoms with van der Waals surface area (Å²) in [5.41, 5.74) is 3.97. The number of aromatic hydroxyl groups is 3. The van der Waals surface area contributed by atoms with Crippen molar-refractivity contribution in [3.8, 4) is 17.2 Å². The van der Waals surface area contributed by atoms with Gasteiger partial charge in [0.05, 0.1) is 16.7 Å². The highest BCUT2D eigenvalue weighted by molar-refractivity contribution is 6.29. The number of carbonyl (C=O) groups excluding carboxylic acids is 6. The molecule has 0 amide bonds. The van der Waals surface area contributed by atoms with Gasteiger partial charge in [-0.2, -0.15) is 0 Å². The summed E-state index contributed by atoms with van der Waals surface area (Å²) >= 11 is 0. The molecule has 0 saturated carbocycles. The van der Waals surface area contributed by atoms with Gasteiger partial charge in [0.1, 0.15) is 17.2 Å². The molecule has 3 aromatic rings. The summed E-state index contributed by atoms with van der Waals surface area (Å²) in [6.07, 6.45) is 2.20. The molecule has 0 atom stereocenters. The van der Waals surface area contributed by atoms with Crippen LogP contribution in [0.5, 0.6) is 17.2 Å². The first-order chi connectivity index (χ1) is 27.3. The lowest BCUT2D eigenvalue weighted by molar-refractivity contribution is 0.0968. The van der Waals surface area contributed by atoms with Gasteiger partial charge in [-0.05, 0) is 60.5 Å². The van der Waals surface area contributed by atoms with Gasteiger partial charge in [0.2, 0.25) is 0 Å². The van der Waals surface area contributed by atoms with E-state index in [1.165, 1.54) is 6.07 Å². The van der Waals surface area contributed by atoms with Crippen molar-refractivity contribution < 1.29 is 44.1 Å². The number of hydrogen-bond donors (Lipinski definition) is 9. The van der Waals surface area contributed by atoms with E-state index in [1.54, 1.807) is 78.7 Å². The normalized spacial score (nSPS) is 14.5. The Morgan fingerprint density at radius 2 is 0.737 bits per heavy atom. The largest absolute Gasteiger partial charge is 0.507 e. The molecule has 0 saturated heterocycles. The lowest BCUT2D eigenvalue weighted by atomic mass is 9.83. The summed E-state index contributed by atoms with van der Waals surface area (Å²) < 4.78 is 0. The van der Waals surface area contributed by atoms with Crippen molar-refractivity contribution in [2.75, 3.05) is 68.5 Å². The van der Waals surface area contributed by atoms with E-state index in [4.69, 9.17) is 0 Å². The number of benzene rings is 3. The second-order valence-corrected chi connectivity index (χ2v) is 13.1. The Morgan fingerprint density at radius 1 is 0.404 bits per heavy atom. The van der Waals surface area contributed by atoms with E-state index >= 15 is 0 Å². The topological polar surface area (TPSA) is 235 Å². The molecular weight excluding hydrogens is 732 g/mol. The van der Waals surface area contributed by atoms with Crippen LogP contribution in [0.15, 0.2) is 76.9 Å². The van der Waals surface area contributed by atoms with Gasteiger partial charge >= 0.3 is 0 Å². The molecule has 3 aliphatic carbocycles. The molecule has 6 rings (SSSR count). The number of hydrogen-bond acceptors (Lipinski definition) is 15. The van der Waals surface area contributed by atoms with Crippen LogP contribution in [0, 0.1) is 0 Å². The fraction of sp³-hybridized carbons (Fsp3) is 0.286. The minimum atomic E-state index is -0.485. The van der Waals surface area contributed by atoms with E-state index in [2.05, 4.69) is 31.9 Å². The minimum Gasteiger partial charge on any atom is -0.507 e. The Balaban J connectivity index is 0.000000190. The predicted octanol–water partition coefficient (Wildman–Crippen LogP) is 1.78. The van der Waals surface area contributed by atoms with Gasteiger partial charge in [0, 0.05) is 89.4 Å². The zero-order valence-electron chi connectivity index (χ0n) is 32.7. The van der Waals surface area contributed by atoms with E-state index in [1.807, 2.05) is 0 Å². The number of rotatable bonds is 12. The maximum absolute atomic E-state index is 12.4. The van der Waals surface area contributed by atoms with Crippen LogP contribution < -0.4 is 31.9 Å². The SMILES string of the molecule is CNCC1=C(CNC)C(=O)c2c(O)cccc2C1=O.CNCC1=C(CNC)C(=O)c2ccccc2C1=O.CNCc1c(O)c2c(c(O)c1CNC)C(=O)C=CC2=O. The molecule has 15 heteroatoms. The Morgan fingerprint density at radius 3 is 1.11 bits per heavy atom. The third kappa shape index (κ3) is 8.89. The molecule has 0 aromatic heterocycles. The minimum absolute atomic E-state index is 0.0511. The molecule has 0 heterocycles. The zero-order chi connectivity index (χ0) is 42.0. The fourth-order valence-electron chi connectivity index (χ4n) is 6.85. The van der Waals surface area contributed by atoms with Gasteiger partial charge in [-0.25, -0.2) is 0 Å². The maximum atomic E-state index is 12.4. The molecule has 300 valence electrons. The van der Waals surface area contributed by atoms with Crippen molar-refractivity contribution in [3.63, 3.8) is 0 Å². The number of Topliss-reactive ketones (excluding diaryl/α,β-unsaturated/α-hetero) is 4. The van der Waals surface area contributed by atoms with Crippen LogP contribution in [-0.2, 0) is 13.1 Å². The van der Waals surface area contributed by atoms with Crippen molar-refractivity contribution in [1.82, 2.24) is 31.9 Å². The van der Waals surface area contributed by atoms with E-state index in [0.29, 0.717) is 70.7 Å². The monoisotopic (exact) mass is 780 g/mol. The fourth-order valence-corrected chi connectivity index (χ4v) is 6.85. The van der Waals surface area contributed by atoms with Crippen LogP contribution in [0.25, 0.3) is 0 Å². The van der Waals surface area contributed by atoms with Crippen molar-refractivity contribution in [2.45, 2.75) is 13.1 Å². The Bertz CT molecular complexity index is 2120. The van der Waals surface area contributed by atoms with Gasteiger partial charge in [-0.1, -0.05) is 36.4 Å². The average molecular weight is 781 g/mol. The van der Waals surface area contributed by atoms with Gasteiger partial charge in [-0.3, -0.25) is 28.8 Å². The molecule has 0 fully saturated rings. The first kappa shape index (κ1) is 43.8. The predicted molar refractivity (Wildman–Crippen MR) is 215 cm³/mol. The lowest BCUT2D eigenvalue weighted by Gasteiger charge is -2.21. The highest BCUT2D eigenvalue weighted by Crippen LogP contribution is 2.40. The number of phenols is 3. The van der Waals surface area contributed by atoms with Gasteiger partial charge < -0.3 is 47.2 Å². The number of nitrogens with one attached hydrogen (secondary N) is 6. The van der Waals surface area contributed by atoms with Crippen LogP contribution in [0.3, 0.4) is 0 Å². The molecule has 0 radical (unpaired) electrons. The molecule has 0 aliphatic heterocycles. The van der Waals surface area contributed by atoms with E-state index < -0.39 is 11.6 Å². The second-order valence-electron chi connectivity index (χ2n) is 13.1. The number of phenolic OH excluding ortho intramolecular Hbond substituents is 3. The first-order valence-electron chi connectivity index (χ1n) is 18.1. The molecular formula is C42H48N6O9. The number of ketones is 6. The van der Waals surface area contributed by atoms with Crippen molar-refractivity contribution in [3.05, 3.63) is 121 Å². The summed E-state index contributed by atoms with van der Waals surface area (Å²) in [5.74, 6) is -2.21. The van der Waals surface area contributed by atoms with E-state index in [0.717, 1.165) is 12.2 Å². The third-order valence-electron chi connectivity index (χ3n) is 9.42. The summed E-state index contributed by atoms with van der Waals surface area (Å²) in [6.45, 7) is 2.00. The zero-order valence-corrected chi connectivity index (χ0v) is 32.7. The lowest BCUT2D eigenvalue weighted by Crippen LogP contribution is -2.31. The van der Waals surface area contributed by atoms with Crippen LogP contribution in [0.2, 0.25) is 0 Å². The summed E-state index contributed by atoms with van der Waals surface area (Å²) in [5, 5.41) is 47.8. The second kappa shape index (κ2) is 19.8. The average Bonchev–Trinajstić information content (AvgIpc) is 3.20. The van der Waals surface area contributed by atoms with Crippen LogP contribution in [-0.4, -0.2) is 118 Å². The highest BCUT2D eigenvalue weighted by Gasteiger charge is 2.34. The number of allylic oxidation sites excluding steroid dienone is 2. The van der Waals surface area contributed by atoms with Crippen molar-refractivity contribution in [2.24, 2.45) is 0 Å². The molecule has 9 N–H and O–H groups in total. The quantitative estimate of drug-likeness (QED) is 0.119. The number of carbonyl (C=O) groups is 6. The van der Waals surface area contributed by atoms with Crippen LogP contribution in [0.4, 0.5) is 0 Å². The summed E-state index contributed by atoms with van der Waals surface area (Å²) in [6, 6.07) is 11.5. The van der Waals surface area contributed by atoms with Gasteiger partial charge in [0.25, 0.3) is 0 Å². The smallest absolute Gasteiger partial charge is 0.195 e. The molecule has 3 aliphatic rings. The number of fused-ring (bicyclic) bond motifs is 3. The summed E-state index contributed by atoms with van der Waals surface area (Å²) in [7, 11) is 10.3. The molecule has 3 aromatic carbocycles. The Kier molecular flexibility index (Phi) is 15.2. The van der Waals surface area contributed by atoms with Gasteiger partial charge in [-0.15, -0.1) is 0 Å². The van der Waals surface area contributed by atoms with Gasteiger partial charge in [0.15, 0.2) is 34.7 Å². The molecule has 0 spiro atoms. The van der Waals surface area contributed by atoms with Crippen LogP contribution >= 0.6 is 0 Å². The third-order valence-corrected chi connectivity index (χ3v) is 9.42. The molecule has 57 heavy (non-hydrogen) atoms.